The molecule has 0 aliphatic rings. The third-order valence-electron chi connectivity index (χ3n) is 1.34. The zero-order valence-electron chi connectivity index (χ0n) is 6.01. The van der Waals surface area contributed by atoms with Crippen LogP contribution >= 0.6 is 27.5 Å². The van der Waals surface area contributed by atoms with E-state index in [9.17, 15) is 0 Å². The van der Waals surface area contributed by atoms with E-state index in [1.165, 1.54) is 11.5 Å². The summed E-state index contributed by atoms with van der Waals surface area (Å²) < 4.78 is 6.41. The third-order valence-corrected chi connectivity index (χ3v) is 2.31. The summed E-state index contributed by atoms with van der Waals surface area (Å²) in [7, 11) is 0. The summed E-state index contributed by atoms with van der Waals surface area (Å²) in [5, 5.41) is 9.98. The molecular formula is C6H5BrN4S. The molecule has 0 unspecified atom stereocenters. The van der Waals surface area contributed by atoms with E-state index < -0.39 is 0 Å². The van der Waals surface area contributed by atoms with Gasteiger partial charge in [-0.15, -0.1) is 5.10 Å². The van der Waals surface area contributed by atoms with Gasteiger partial charge in [0.25, 0.3) is 0 Å². The fourth-order valence-corrected chi connectivity index (χ4v) is 1.61. The molecule has 0 atom stereocenters. The van der Waals surface area contributed by atoms with E-state index in [0.717, 1.165) is 10.3 Å². The second kappa shape index (κ2) is 3.32. The molecule has 0 amide bonds. The van der Waals surface area contributed by atoms with Gasteiger partial charge < -0.3 is 0 Å². The first-order valence-electron chi connectivity index (χ1n) is 3.29. The summed E-state index contributed by atoms with van der Waals surface area (Å²) in [6, 6.07) is 1.89. The SMILES string of the molecule is Brc1ccn(Cc2csnn2)n1. The van der Waals surface area contributed by atoms with E-state index >= 15 is 0 Å². The van der Waals surface area contributed by atoms with Gasteiger partial charge in [-0.1, -0.05) is 4.49 Å². The minimum atomic E-state index is 0.683. The van der Waals surface area contributed by atoms with Crippen molar-refractivity contribution < 1.29 is 0 Å². The summed E-state index contributed by atoms with van der Waals surface area (Å²) in [5.74, 6) is 0. The number of rotatable bonds is 2. The smallest absolute Gasteiger partial charge is 0.128 e. The summed E-state index contributed by atoms with van der Waals surface area (Å²) >= 11 is 4.62. The van der Waals surface area contributed by atoms with Crippen molar-refractivity contribution in [2.75, 3.05) is 0 Å². The standard InChI is InChI=1S/C6H5BrN4S/c7-6-1-2-11(9-6)3-5-4-12-10-8-5/h1-2,4H,3H2. The van der Waals surface area contributed by atoms with Crippen LogP contribution in [0.1, 0.15) is 5.69 Å². The Hall–Kier alpha value is -0.750. The van der Waals surface area contributed by atoms with Crippen LogP contribution < -0.4 is 0 Å². The Bertz CT molecular complexity index is 355. The fourth-order valence-electron chi connectivity index (χ4n) is 0.844. The van der Waals surface area contributed by atoms with Crippen LogP contribution in [0.2, 0.25) is 0 Å². The monoisotopic (exact) mass is 244 g/mol. The van der Waals surface area contributed by atoms with Crippen LogP contribution in [0.4, 0.5) is 0 Å². The van der Waals surface area contributed by atoms with E-state index in [1.807, 2.05) is 17.6 Å². The Kier molecular flexibility index (Phi) is 2.18. The molecule has 0 radical (unpaired) electrons. The second-order valence-corrected chi connectivity index (χ2v) is 3.65. The first-order chi connectivity index (χ1) is 5.84. The summed E-state index contributed by atoms with van der Waals surface area (Å²) in [6.45, 7) is 0.683. The van der Waals surface area contributed by atoms with E-state index in [0.29, 0.717) is 6.54 Å². The van der Waals surface area contributed by atoms with Crippen LogP contribution in [-0.4, -0.2) is 19.4 Å². The molecule has 0 bridgehead atoms. The lowest BCUT2D eigenvalue weighted by molar-refractivity contribution is 0.666. The lowest BCUT2D eigenvalue weighted by Gasteiger charge is -1.94. The zero-order chi connectivity index (χ0) is 8.39. The second-order valence-electron chi connectivity index (χ2n) is 2.23. The normalized spacial score (nSPS) is 10.4. The largest absolute Gasteiger partial charge is 0.266 e. The molecule has 0 spiro atoms. The van der Waals surface area contributed by atoms with Crippen LogP contribution in [0, 0.1) is 0 Å². The molecule has 0 saturated heterocycles. The molecule has 0 aromatic carbocycles. The van der Waals surface area contributed by atoms with Gasteiger partial charge in [0.1, 0.15) is 4.60 Å². The molecule has 2 rings (SSSR count). The van der Waals surface area contributed by atoms with Crippen LogP contribution in [0.3, 0.4) is 0 Å². The predicted molar refractivity (Wildman–Crippen MR) is 48.9 cm³/mol. The van der Waals surface area contributed by atoms with Crippen molar-refractivity contribution in [1.29, 1.82) is 0 Å². The molecular weight excluding hydrogens is 240 g/mol. The van der Waals surface area contributed by atoms with Crippen LogP contribution in [0.15, 0.2) is 22.2 Å². The van der Waals surface area contributed by atoms with E-state index in [4.69, 9.17) is 0 Å². The average Bonchev–Trinajstić information content (AvgIpc) is 2.63. The quantitative estimate of drug-likeness (QED) is 0.806. The Labute approximate surface area is 81.5 Å². The molecule has 12 heavy (non-hydrogen) atoms. The van der Waals surface area contributed by atoms with E-state index in [2.05, 4.69) is 30.6 Å². The molecule has 0 aliphatic heterocycles. The topological polar surface area (TPSA) is 43.6 Å². The van der Waals surface area contributed by atoms with Crippen molar-refractivity contribution in [3.63, 3.8) is 0 Å². The molecule has 62 valence electrons. The maximum absolute atomic E-state index is 4.16. The van der Waals surface area contributed by atoms with Crippen LogP contribution in [-0.2, 0) is 6.54 Å². The highest BCUT2D eigenvalue weighted by Gasteiger charge is 1.98. The van der Waals surface area contributed by atoms with Crippen molar-refractivity contribution in [2.24, 2.45) is 0 Å². The van der Waals surface area contributed by atoms with Gasteiger partial charge in [0.05, 0.1) is 12.2 Å². The maximum Gasteiger partial charge on any atom is 0.128 e. The predicted octanol–water partition coefficient (Wildman–Crippen LogP) is 1.55. The Balaban J connectivity index is 2.14. The highest BCUT2D eigenvalue weighted by molar-refractivity contribution is 9.10. The molecule has 2 heterocycles. The summed E-state index contributed by atoms with van der Waals surface area (Å²) in [4.78, 5) is 0. The first kappa shape index (κ1) is 7.88. The Morgan fingerprint density at radius 3 is 3.08 bits per heavy atom. The lowest BCUT2D eigenvalue weighted by Crippen LogP contribution is -2.00. The summed E-state index contributed by atoms with van der Waals surface area (Å²) in [6.07, 6.45) is 1.89. The van der Waals surface area contributed by atoms with Gasteiger partial charge in [0, 0.05) is 11.6 Å². The Morgan fingerprint density at radius 2 is 2.50 bits per heavy atom. The number of hydrogen-bond acceptors (Lipinski definition) is 4. The first-order valence-corrected chi connectivity index (χ1v) is 4.92. The zero-order valence-corrected chi connectivity index (χ0v) is 8.42. The minimum Gasteiger partial charge on any atom is -0.266 e. The average molecular weight is 245 g/mol. The molecule has 2 aromatic rings. The van der Waals surface area contributed by atoms with Gasteiger partial charge in [0.15, 0.2) is 0 Å². The van der Waals surface area contributed by atoms with Crippen molar-refractivity contribution in [3.8, 4) is 0 Å². The van der Waals surface area contributed by atoms with Gasteiger partial charge in [-0.3, -0.25) is 4.68 Å². The molecule has 6 heteroatoms. The van der Waals surface area contributed by atoms with Gasteiger partial charge in [-0.25, -0.2) is 0 Å². The number of aromatic nitrogens is 4. The van der Waals surface area contributed by atoms with Crippen molar-refractivity contribution in [3.05, 3.63) is 27.9 Å². The van der Waals surface area contributed by atoms with Gasteiger partial charge in [-0.05, 0) is 33.5 Å². The molecule has 0 saturated carbocycles. The van der Waals surface area contributed by atoms with Crippen LogP contribution in [0.5, 0.6) is 0 Å². The van der Waals surface area contributed by atoms with E-state index in [-0.39, 0.29) is 0 Å². The number of hydrogen-bond donors (Lipinski definition) is 0. The van der Waals surface area contributed by atoms with Crippen molar-refractivity contribution in [2.45, 2.75) is 6.54 Å². The van der Waals surface area contributed by atoms with Crippen molar-refractivity contribution >= 4 is 27.5 Å². The molecule has 2 aromatic heterocycles. The lowest BCUT2D eigenvalue weighted by atomic mass is 10.5. The third kappa shape index (κ3) is 1.70. The number of nitrogens with zero attached hydrogens (tertiary/aromatic N) is 4. The van der Waals surface area contributed by atoms with Gasteiger partial charge in [-0.2, -0.15) is 5.10 Å². The van der Waals surface area contributed by atoms with E-state index in [1.54, 1.807) is 4.68 Å². The molecule has 0 N–H and O–H groups in total. The van der Waals surface area contributed by atoms with Crippen LogP contribution in [0.25, 0.3) is 0 Å². The highest BCUT2D eigenvalue weighted by atomic mass is 79.9. The fraction of sp³-hybridized carbons (Fsp3) is 0.167. The Morgan fingerprint density at radius 1 is 1.58 bits per heavy atom. The molecule has 4 nitrogen and oxygen atoms in total. The maximum atomic E-state index is 4.16. The molecule has 0 aliphatic carbocycles. The summed E-state index contributed by atoms with van der Waals surface area (Å²) in [5.41, 5.74) is 0.940. The highest BCUT2D eigenvalue weighted by Crippen LogP contribution is 2.06. The minimum absolute atomic E-state index is 0.683. The van der Waals surface area contributed by atoms with Gasteiger partial charge >= 0.3 is 0 Å². The molecule has 0 fully saturated rings. The van der Waals surface area contributed by atoms with Gasteiger partial charge in [0.2, 0.25) is 0 Å². The number of halogens is 1. The van der Waals surface area contributed by atoms with Crippen molar-refractivity contribution in [1.82, 2.24) is 19.4 Å².